The maximum atomic E-state index is 6.22. The van der Waals surface area contributed by atoms with Crippen LogP contribution in [0.4, 0.5) is 5.69 Å². The number of rotatable bonds is 4. The average molecular weight is 377 g/mol. The van der Waals surface area contributed by atoms with Gasteiger partial charge in [0.15, 0.2) is 0 Å². The molecule has 0 aliphatic carbocycles. The monoisotopic (exact) mass is 376 g/mol. The fraction of sp³-hybridized carbons (Fsp3) is 0.292. The van der Waals surface area contributed by atoms with Gasteiger partial charge in [-0.2, -0.15) is 0 Å². The lowest BCUT2D eigenvalue weighted by molar-refractivity contribution is 0.740. The van der Waals surface area contributed by atoms with Crippen molar-refractivity contribution in [2.45, 2.75) is 46.1 Å². The fourth-order valence-electron chi connectivity index (χ4n) is 4.23. The van der Waals surface area contributed by atoms with Crippen LogP contribution < -0.4 is 0 Å². The molecule has 0 atom stereocenters. The van der Waals surface area contributed by atoms with Gasteiger partial charge in [-0.15, -0.1) is 0 Å². The van der Waals surface area contributed by atoms with E-state index in [9.17, 15) is 0 Å². The van der Waals surface area contributed by atoms with Crippen LogP contribution in [0.2, 0.25) is 5.02 Å². The van der Waals surface area contributed by atoms with E-state index in [-0.39, 0.29) is 5.41 Å². The molecule has 2 heterocycles. The third-order valence-corrected chi connectivity index (χ3v) is 5.93. The predicted molar refractivity (Wildman–Crippen MR) is 118 cm³/mol. The van der Waals surface area contributed by atoms with Gasteiger partial charge in [0.2, 0.25) is 0 Å². The van der Waals surface area contributed by atoms with Crippen molar-refractivity contribution in [3.05, 3.63) is 70.4 Å². The lowest BCUT2D eigenvalue weighted by Gasteiger charge is -2.20. The highest BCUT2D eigenvalue weighted by atomic mass is 35.5. The van der Waals surface area contributed by atoms with Crippen molar-refractivity contribution >= 4 is 40.0 Å². The van der Waals surface area contributed by atoms with Crippen LogP contribution in [0.3, 0.4) is 0 Å². The molecule has 0 spiro atoms. The van der Waals surface area contributed by atoms with Gasteiger partial charge in [0, 0.05) is 39.1 Å². The van der Waals surface area contributed by atoms with Gasteiger partial charge in [0.05, 0.1) is 11.4 Å². The Morgan fingerprint density at radius 3 is 2.59 bits per heavy atom. The van der Waals surface area contributed by atoms with Gasteiger partial charge < -0.3 is 4.57 Å². The van der Waals surface area contributed by atoms with Gasteiger partial charge in [0.25, 0.3) is 0 Å². The van der Waals surface area contributed by atoms with Crippen molar-refractivity contribution in [3.63, 3.8) is 0 Å². The summed E-state index contributed by atoms with van der Waals surface area (Å²) in [6.45, 7) is 9.85. The highest BCUT2D eigenvalue weighted by Crippen LogP contribution is 2.42. The van der Waals surface area contributed by atoms with E-state index in [2.05, 4.69) is 68.7 Å². The molecule has 3 heteroatoms. The maximum absolute atomic E-state index is 6.22. The summed E-state index contributed by atoms with van der Waals surface area (Å²) < 4.78 is 2.42. The number of aliphatic imine (C=N–C) groups is 1. The van der Waals surface area contributed by atoms with Crippen LogP contribution >= 0.6 is 11.6 Å². The molecule has 0 saturated heterocycles. The van der Waals surface area contributed by atoms with E-state index in [1.807, 2.05) is 18.2 Å². The minimum Gasteiger partial charge on any atom is -0.344 e. The first-order valence-electron chi connectivity index (χ1n) is 9.64. The first-order chi connectivity index (χ1) is 13.0. The first kappa shape index (κ1) is 18.1. The summed E-state index contributed by atoms with van der Waals surface area (Å²) >= 11 is 6.22. The molecule has 1 aliphatic heterocycles. The van der Waals surface area contributed by atoms with Crippen LogP contribution in [-0.2, 0) is 18.4 Å². The largest absolute Gasteiger partial charge is 0.344 e. The molecular weight excluding hydrogens is 352 g/mol. The van der Waals surface area contributed by atoms with Crippen LogP contribution in [0.25, 0.3) is 17.0 Å². The van der Waals surface area contributed by atoms with Gasteiger partial charge in [0.1, 0.15) is 0 Å². The number of benzene rings is 2. The Labute approximate surface area is 166 Å². The summed E-state index contributed by atoms with van der Waals surface area (Å²) in [6, 6.07) is 14.6. The van der Waals surface area contributed by atoms with Crippen molar-refractivity contribution in [1.29, 1.82) is 0 Å². The zero-order valence-electron chi connectivity index (χ0n) is 16.4. The lowest BCUT2D eigenvalue weighted by Crippen LogP contribution is -2.23. The van der Waals surface area contributed by atoms with Gasteiger partial charge >= 0.3 is 0 Å². The Morgan fingerprint density at radius 2 is 1.85 bits per heavy atom. The number of allylic oxidation sites excluding steroid dienone is 1. The minimum absolute atomic E-state index is 0.147. The zero-order chi connectivity index (χ0) is 19.2. The molecule has 2 aromatic carbocycles. The maximum Gasteiger partial charge on any atom is 0.0675 e. The molecule has 138 valence electrons. The zero-order valence-corrected chi connectivity index (χ0v) is 17.1. The van der Waals surface area contributed by atoms with Gasteiger partial charge in [-0.1, -0.05) is 56.6 Å². The molecule has 0 bridgehead atoms. The van der Waals surface area contributed by atoms with Crippen molar-refractivity contribution in [2.75, 3.05) is 0 Å². The highest BCUT2D eigenvalue weighted by Gasteiger charge is 2.33. The third kappa shape index (κ3) is 2.83. The third-order valence-electron chi connectivity index (χ3n) is 5.69. The Bertz CT molecular complexity index is 1080. The molecule has 2 nitrogen and oxygen atoms in total. The molecule has 0 radical (unpaired) electrons. The van der Waals surface area contributed by atoms with E-state index in [4.69, 9.17) is 16.6 Å². The summed E-state index contributed by atoms with van der Waals surface area (Å²) in [5.74, 6) is 0. The van der Waals surface area contributed by atoms with Crippen LogP contribution in [0.1, 0.15) is 44.5 Å². The molecular formula is C24H25ClN2. The number of halogens is 1. The van der Waals surface area contributed by atoms with E-state index in [1.165, 1.54) is 27.7 Å². The summed E-state index contributed by atoms with van der Waals surface area (Å²) in [7, 11) is 0. The molecule has 0 fully saturated rings. The Hall–Kier alpha value is -2.32. The average Bonchev–Trinajstić information content (AvgIpc) is 3.11. The van der Waals surface area contributed by atoms with Crippen molar-refractivity contribution in [2.24, 2.45) is 4.99 Å². The van der Waals surface area contributed by atoms with Crippen LogP contribution in [0.15, 0.2) is 53.5 Å². The SMILES string of the molecule is CCc1c(C=CC2=Nc3ccc(Cl)cc3C2(C)C)c2ccccc2n1CC. The van der Waals surface area contributed by atoms with Crippen molar-refractivity contribution < 1.29 is 0 Å². The molecule has 0 saturated carbocycles. The number of para-hydroxylation sites is 1. The van der Waals surface area contributed by atoms with E-state index in [1.54, 1.807) is 0 Å². The van der Waals surface area contributed by atoms with Crippen molar-refractivity contribution in [1.82, 2.24) is 4.57 Å². The van der Waals surface area contributed by atoms with E-state index < -0.39 is 0 Å². The molecule has 27 heavy (non-hydrogen) atoms. The number of nitrogens with zero attached hydrogens (tertiary/aromatic N) is 2. The predicted octanol–water partition coefficient (Wildman–Crippen LogP) is 6.95. The number of hydrogen-bond donors (Lipinski definition) is 0. The minimum atomic E-state index is -0.147. The van der Waals surface area contributed by atoms with E-state index in [0.717, 1.165) is 29.4 Å². The number of hydrogen-bond acceptors (Lipinski definition) is 1. The standard InChI is InChI=1S/C24H25ClN2/c1-5-21-18(17-9-7-8-10-22(17)27(21)6-2)12-14-23-24(3,4)19-15-16(25)11-13-20(19)26-23/h7-15H,5-6H2,1-4H3. The molecule has 1 aliphatic rings. The molecule has 3 aromatic rings. The van der Waals surface area contributed by atoms with Gasteiger partial charge in [-0.3, -0.25) is 4.99 Å². The van der Waals surface area contributed by atoms with Crippen LogP contribution in [0, 0.1) is 0 Å². The second-order valence-corrected chi connectivity index (χ2v) is 8.03. The lowest BCUT2D eigenvalue weighted by atomic mass is 9.81. The molecule has 0 unspecified atom stereocenters. The Kier molecular flexibility index (Phi) is 4.47. The Morgan fingerprint density at radius 1 is 1.07 bits per heavy atom. The number of aromatic nitrogens is 1. The van der Waals surface area contributed by atoms with E-state index in [0.29, 0.717) is 0 Å². The number of fused-ring (bicyclic) bond motifs is 2. The van der Waals surface area contributed by atoms with Gasteiger partial charge in [-0.05, 0) is 49.2 Å². The summed E-state index contributed by atoms with van der Waals surface area (Å²) in [6.07, 6.45) is 5.45. The molecule has 0 N–H and O–H groups in total. The van der Waals surface area contributed by atoms with Gasteiger partial charge in [-0.25, -0.2) is 0 Å². The number of aryl methyl sites for hydroxylation is 1. The second-order valence-electron chi connectivity index (χ2n) is 7.59. The summed E-state index contributed by atoms with van der Waals surface area (Å²) in [5, 5.41) is 2.07. The Balaban J connectivity index is 1.81. The highest BCUT2D eigenvalue weighted by molar-refractivity contribution is 6.31. The first-order valence-corrected chi connectivity index (χ1v) is 10.0. The molecule has 4 rings (SSSR count). The quantitative estimate of drug-likeness (QED) is 0.468. The second kappa shape index (κ2) is 6.69. The van der Waals surface area contributed by atoms with Crippen LogP contribution in [-0.4, -0.2) is 10.3 Å². The molecule has 1 aromatic heterocycles. The van der Waals surface area contributed by atoms with Crippen LogP contribution in [0.5, 0.6) is 0 Å². The smallest absolute Gasteiger partial charge is 0.0675 e. The topological polar surface area (TPSA) is 17.3 Å². The van der Waals surface area contributed by atoms with Crippen molar-refractivity contribution in [3.8, 4) is 0 Å². The summed E-state index contributed by atoms with van der Waals surface area (Å²) in [5.41, 5.74) is 7.15. The summed E-state index contributed by atoms with van der Waals surface area (Å²) in [4.78, 5) is 4.89. The fourth-order valence-corrected chi connectivity index (χ4v) is 4.41. The van der Waals surface area contributed by atoms with E-state index >= 15 is 0 Å². The molecule has 0 amide bonds. The normalized spacial score (nSPS) is 15.5.